The van der Waals surface area contributed by atoms with Crippen LogP contribution < -0.4 is 15.5 Å². The number of halogens is 1. The first-order valence-corrected chi connectivity index (χ1v) is 11.0. The number of aliphatic imine (C=N–C) groups is 1. The predicted octanol–water partition coefficient (Wildman–Crippen LogP) is 3.26. The largest absolute Gasteiger partial charge is 0.377 e. The van der Waals surface area contributed by atoms with Gasteiger partial charge in [0.15, 0.2) is 15.8 Å². The highest BCUT2D eigenvalue weighted by molar-refractivity contribution is 14.0. The molecule has 0 spiro atoms. The fraction of sp³-hybridized carbons (Fsp3) is 0.381. The number of guanidine groups is 1. The molecule has 29 heavy (non-hydrogen) atoms. The number of nitrogens with zero attached hydrogens (tertiary/aromatic N) is 2. The second-order valence-electron chi connectivity index (χ2n) is 7.18. The van der Waals surface area contributed by atoms with Crippen LogP contribution in [0.3, 0.4) is 0 Å². The highest BCUT2D eigenvalue weighted by Crippen LogP contribution is 2.20. The van der Waals surface area contributed by atoms with Gasteiger partial charge in [-0.05, 0) is 48.2 Å². The Balaban J connectivity index is 0.00000420. The number of aryl methyl sites for hydroxylation is 2. The van der Waals surface area contributed by atoms with Crippen LogP contribution in [-0.2, 0) is 22.9 Å². The van der Waals surface area contributed by atoms with Gasteiger partial charge in [0.2, 0.25) is 0 Å². The quantitative estimate of drug-likeness (QED) is 0.341. The van der Waals surface area contributed by atoms with Crippen molar-refractivity contribution in [2.45, 2.75) is 31.8 Å². The molecule has 0 amide bonds. The van der Waals surface area contributed by atoms with Crippen LogP contribution in [0.25, 0.3) is 0 Å². The number of benzene rings is 2. The van der Waals surface area contributed by atoms with Crippen molar-refractivity contribution < 1.29 is 8.42 Å². The minimum atomic E-state index is -3.20. The minimum Gasteiger partial charge on any atom is -0.377 e. The molecule has 2 rings (SSSR count). The monoisotopic (exact) mass is 530 g/mol. The number of rotatable bonds is 6. The molecule has 2 aromatic carbocycles. The maximum Gasteiger partial charge on any atom is 0.191 e. The van der Waals surface area contributed by atoms with Crippen molar-refractivity contribution >= 4 is 45.5 Å². The van der Waals surface area contributed by atoms with Gasteiger partial charge in [-0.3, -0.25) is 4.99 Å². The van der Waals surface area contributed by atoms with E-state index in [-0.39, 0.29) is 24.0 Å². The molecule has 2 N–H and O–H groups in total. The maximum absolute atomic E-state index is 11.7. The molecule has 160 valence electrons. The summed E-state index contributed by atoms with van der Waals surface area (Å²) in [5, 5.41) is 6.61. The highest BCUT2D eigenvalue weighted by atomic mass is 127. The first kappa shape index (κ1) is 25.2. The Labute approximate surface area is 191 Å². The number of hydrogen-bond donors (Lipinski definition) is 2. The third kappa shape index (κ3) is 7.18. The van der Waals surface area contributed by atoms with Gasteiger partial charge < -0.3 is 15.5 Å². The third-order valence-electron chi connectivity index (χ3n) is 4.49. The van der Waals surface area contributed by atoms with Crippen LogP contribution in [0.1, 0.15) is 22.3 Å². The van der Waals surface area contributed by atoms with Gasteiger partial charge in [-0.2, -0.15) is 0 Å². The number of anilines is 1. The zero-order valence-corrected chi connectivity index (χ0v) is 21.1. The molecule has 0 unspecified atom stereocenters. The van der Waals surface area contributed by atoms with Crippen LogP contribution in [-0.4, -0.2) is 41.8 Å². The lowest BCUT2D eigenvalue weighted by Crippen LogP contribution is -2.36. The van der Waals surface area contributed by atoms with Gasteiger partial charge in [-0.15, -0.1) is 24.0 Å². The zero-order valence-electron chi connectivity index (χ0n) is 17.9. The molecule has 2 aromatic rings. The first-order chi connectivity index (χ1) is 13.1. The van der Waals surface area contributed by atoms with Gasteiger partial charge in [-0.1, -0.05) is 24.3 Å². The summed E-state index contributed by atoms with van der Waals surface area (Å²) in [4.78, 5) is 6.75. The lowest BCUT2D eigenvalue weighted by atomic mass is 10.1. The van der Waals surface area contributed by atoms with Crippen molar-refractivity contribution in [3.8, 4) is 0 Å². The van der Waals surface area contributed by atoms with Crippen LogP contribution in [0.5, 0.6) is 0 Å². The van der Waals surface area contributed by atoms with Gasteiger partial charge in [-0.25, -0.2) is 8.42 Å². The summed E-state index contributed by atoms with van der Waals surface area (Å²) in [5.41, 5.74) is 5.34. The number of sulfone groups is 1. The smallest absolute Gasteiger partial charge is 0.191 e. The summed E-state index contributed by atoms with van der Waals surface area (Å²) >= 11 is 0. The number of hydrogen-bond acceptors (Lipinski definition) is 4. The molecule has 0 bridgehead atoms. The molecule has 8 heteroatoms. The van der Waals surface area contributed by atoms with Gasteiger partial charge >= 0.3 is 0 Å². The Morgan fingerprint density at radius 2 is 1.69 bits per heavy atom. The Hall–Kier alpha value is -1.81. The maximum atomic E-state index is 11.7. The van der Waals surface area contributed by atoms with Crippen molar-refractivity contribution in [2.75, 3.05) is 32.3 Å². The molecule has 0 fully saturated rings. The topological polar surface area (TPSA) is 73.8 Å². The van der Waals surface area contributed by atoms with Gasteiger partial charge in [0.05, 0.1) is 4.90 Å². The van der Waals surface area contributed by atoms with E-state index in [0.717, 1.165) is 11.1 Å². The van der Waals surface area contributed by atoms with Crippen LogP contribution in [0, 0.1) is 13.8 Å². The molecule has 0 radical (unpaired) electrons. The van der Waals surface area contributed by atoms with Gasteiger partial charge in [0.25, 0.3) is 0 Å². The molecule has 0 aromatic heterocycles. The molecule has 0 aliphatic carbocycles. The van der Waals surface area contributed by atoms with E-state index >= 15 is 0 Å². The van der Waals surface area contributed by atoms with Crippen molar-refractivity contribution in [3.05, 3.63) is 58.7 Å². The van der Waals surface area contributed by atoms with E-state index in [1.54, 1.807) is 13.1 Å². The van der Waals surface area contributed by atoms with E-state index in [1.165, 1.54) is 23.1 Å². The van der Waals surface area contributed by atoms with E-state index < -0.39 is 9.84 Å². The minimum absolute atomic E-state index is 0. The molecule has 6 nitrogen and oxygen atoms in total. The second kappa shape index (κ2) is 10.8. The molecule has 0 heterocycles. The van der Waals surface area contributed by atoms with E-state index in [1.807, 2.05) is 33.2 Å². The van der Waals surface area contributed by atoms with Gasteiger partial charge in [0.1, 0.15) is 0 Å². The zero-order chi connectivity index (χ0) is 20.9. The van der Waals surface area contributed by atoms with Crippen LogP contribution in [0.15, 0.2) is 46.3 Å². The van der Waals surface area contributed by atoms with E-state index in [4.69, 9.17) is 0 Å². The summed E-state index contributed by atoms with van der Waals surface area (Å²) in [6, 6.07) is 11.8. The molecule has 0 saturated heterocycles. The molecule has 0 aliphatic rings. The standard InChI is InChI=1S/C21H30N4O2S.HI/c1-15-7-9-18(19(11-15)25(4)5)14-24-21(22-3)23-13-17-8-10-20(16(2)12-17)28(6,26)27;/h7-12H,13-14H2,1-6H3,(H2,22,23,24);1H. The Kier molecular flexibility index (Phi) is 9.41. The normalized spacial score (nSPS) is 11.6. The fourth-order valence-electron chi connectivity index (χ4n) is 3.06. The molecule has 0 atom stereocenters. The van der Waals surface area contributed by atoms with Crippen molar-refractivity contribution in [1.29, 1.82) is 0 Å². The lowest BCUT2D eigenvalue weighted by Gasteiger charge is -2.19. The van der Waals surface area contributed by atoms with Crippen molar-refractivity contribution in [1.82, 2.24) is 10.6 Å². The first-order valence-electron chi connectivity index (χ1n) is 9.12. The Morgan fingerprint density at radius 3 is 2.24 bits per heavy atom. The molecular formula is C21H31IN4O2S. The predicted molar refractivity (Wildman–Crippen MR) is 132 cm³/mol. The summed E-state index contributed by atoms with van der Waals surface area (Å²) in [5.74, 6) is 0.690. The van der Waals surface area contributed by atoms with E-state index in [9.17, 15) is 8.42 Å². The molecule has 0 saturated carbocycles. The summed E-state index contributed by atoms with van der Waals surface area (Å²) < 4.78 is 23.5. The third-order valence-corrected chi connectivity index (χ3v) is 5.75. The lowest BCUT2D eigenvalue weighted by molar-refractivity contribution is 0.601. The summed E-state index contributed by atoms with van der Waals surface area (Å²) in [6.45, 7) is 5.10. The average molecular weight is 530 g/mol. The molecular weight excluding hydrogens is 499 g/mol. The van der Waals surface area contributed by atoms with Gasteiger partial charge in [0, 0.05) is 46.2 Å². The summed E-state index contributed by atoms with van der Waals surface area (Å²) in [7, 11) is 2.60. The fourth-order valence-corrected chi connectivity index (χ4v) is 4.02. The summed E-state index contributed by atoms with van der Waals surface area (Å²) in [6.07, 6.45) is 1.23. The second-order valence-corrected chi connectivity index (χ2v) is 9.16. The van der Waals surface area contributed by atoms with E-state index in [0.29, 0.717) is 23.9 Å². The van der Waals surface area contributed by atoms with Crippen LogP contribution in [0.2, 0.25) is 0 Å². The Morgan fingerprint density at radius 1 is 1.03 bits per heavy atom. The number of nitrogens with one attached hydrogen (secondary N) is 2. The molecule has 0 aliphatic heterocycles. The Bertz CT molecular complexity index is 973. The van der Waals surface area contributed by atoms with Crippen LogP contribution >= 0.6 is 24.0 Å². The van der Waals surface area contributed by atoms with Crippen LogP contribution in [0.4, 0.5) is 5.69 Å². The van der Waals surface area contributed by atoms with Crippen molar-refractivity contribution in [3.63, 3.8) is 0 Å². The average Bonchev–Trinajstić information content (AvgIpc) is 2.61. The van der Waals surface area contributed by atoms with Crippen molar-refractivity contribution in [2.24, 2.45) is 4.99 Å². The highest BCUT2D eigenvalue weighted by Gasteiger charge is 2.11. The van der Waals surface area contributed by atoms with E-state index in [2.05, 4.69) is 45.6 Å². The SMILES string of the molecule is CN=C(NCc1ccc(S(C)(=O)=O)c(C)c1)NCc1ccc(C)cc1N(C)C.I.